The van der Waals surface area contributed by atoms with E-state index in [-0.39, 0.29) is 17.3 Å². The van der Waals surface area contributed by atoms with Crippen LogP contribution >= 0.6 is 23.2 Å². The lowest BCUT2D eigenvalue weighted by Crippen LogP contribution is -2.47. The minimum atomic E-state index is -0.712. The summed E-state index contributed by atoms with van der Waals surface area (Å²) in [5.74, 6) is 0.352. The fraction of sp³-hybridized carbons (Fsp3) is 0.576. The Hall–Kier alpha value is -2.48. The number of carbonyl (C=O) groups is 2. The summed E-state index contributed by atoms with van der Waals surface area (Å²) in [4.78, 5) is 32.4. The van der Waals surface area contributed by atoms with Crippen LogP contribution in [0.5, 0.6) is 5.75 Å². The average Bonchev–Trinajstić information content (AvgIpc) is 2.94. The van der Waals surface area contributed by atoms with Gasteiger partial charge in [0.1, 0.15) is 5.75 Å². The maximum Gasteiger partial charge on any atom is 0.313 e. The van der Waals surface area contributed by atoms with Gasteiger partial charge in [-0.2, -0.15) is 0 Å². The highest BCUT2D eigenvalue weighted by molar-refractivity contribution is 6.43. The van der Waals surface area contributed by atoms with Gasteiger partial charge in [0, 0.05) is 38.7 Å². The third-order valence-electron chi connectivity index (χ3n) is 9.00. The normalized spacial score (nSPS) is 17.2. The molecule has 0 radical (unpaired) electrons. The van der Waals surface area contributed by atoms with Gasteiger partial charge in [0.25, 0.3) is 0 Å². The monoisotopic (exact) mass is 617 g/mol. The summed E-state index contributed by atoms with van der Waals surface area (Å²) in [6, 6.07) is 11.7. The van der Waals surface area contributed by atoms with E-state index in [0.717, 1.165) is 62.5 Å². The molecule has 7 nitrogen and oxygen atoms in total. The largest absolute Gasteiger partial charge is 0.494 e. The first-order valence-electron chi connectivity index (χ1n) is 15.0. The van der Waals surface area contributed by atoms with Gasteiger partial charge in [0.15, 0.2) is 6.23 Å². The number of hydrogen-bond acceptors (Lipinski definition) is 6. The molecule has 4 rings (SSSR count). The number of aryl methyl sites for hydroxylation is 1. The molecule has 9 heteroatoms. The lowest BCUT2D eigenvalue weighted by molar-refractivity contribution is -0.165. The second-order valence-electron chi connectivity index (χ2n) is 12.9. The second kappa shape index (κ2) is 13.4. The number of nitrogens with zero attached hydrogens (tertiary/aromatic N) is 3. The molecule has 2 aliphatic heterocycles. The maximum absolute atomic E-state index is 13.1. The van der Waals surface area contributed by atoms with Crippen molar-refractivity contribution in [2.75, 3.05) is 49.1 Å². The number of anilines is 2. The highest BCUT2D eigenvalue weighted by atomic mass is 35.5. The molecule has 0 aliphatic carbocycles. The fourth-order valence-corrected chi connectivity index (χ4v) is 5.62. The van der Waals surface area contributed by atoms with Crippen LogP contribution in [-0.2, 0) is 20.7 Å². The molecule has 2 aromatic rings. The average molecular weight is 619 g/mol. The first kappa shape index (κ1) is 32.4. The Morgan fingerprint density at radius 3 is 2.36 bits per heavy atom. The SMILES string of the molecule is CC(OC(=O)C(C)(C)C(C)(C)C)N1C(=O)CCc2ccc(OCCCCN3CCN(c4cccc(Cl)c4Cl)CC3)cc21. The molecule has 2 heterocycles. The van der Waals surface area contributed by atoms with E-state index in [4.69, 9.17) is 32.7 Å². The first-order valence-corrected chi connectivity index (χ1v) is 15.8. The van der Waals surface area contributed by atoms with Gasteiger partial charge in [0.05, 0.1) is 33.4 Å². The third kappa shape index (κ3) is 7.35. The molecule has 1 unspecified atom stereocenters. The molecule has 2 aliphatic rings. The van der Waals surface area contributed by atoms with Crippen LogP contribution < -0.4 is 14.5 Å². The molecule has 0 N–H and O–H groups in total. The van der Waals surface area contributed by atoms with Crippen LogP contribution in [0.25, 0.3) is 0 Å². The van der Waals surface area contributed by atoms with Crippen LogP contribution in [0.15, 0.2) is 36.4 Å². The zero-order chi connectivity index (χ0) is 30.7. The smallest absolute Gasteiger partial charge is 0.313 e. The Bertz CT molecular complexity index is 1270. The van der Waals surface area contributed by atoms with Crippen LogP contribution in [0.4, 0.5) is 11.4 Å². The van der Waals surface area contributed by atoms with Crippen molar-refractivity contribution in [2.24, 2.45) is 10.8 Å². The van der Waals surface area contributed by atoms with Crippen molar-refractivity contribution >= 4 is 46.5 Å². The summed E-state index contributed by atoms with van der Waals surface area (Å²) in [5, 5.41) is 1.22. The van der Waals surface area contributed by atoms with Gasteiger partial charge in [0.2, 0.25) is 5.91 Å². The van der Waals surface area contributed by atoms with Gasteiger partial charge >= 0.3 is 5.97 Å². The van der Waals surface area contributed by atoms with Crippen LogP contribution in [0.2, 0.25) is 10.0 Å². The van der Waals surface area contributed by atoms with Gasteiger partial charge in [-0.25, -0.2) is 0 Å². The lowest BCUT2D eigenvalue weighted by atomic mass is 9.69. The molecule has 1 saturated heterocycles. The van der Waals surface area contributed by atoms with E-state index in [1.807, 2.05) is 71.0 Å². The number of hydrogen-bond donors (Lipinski definition) is 0. The number of fused-ring (bicyclic) bond motifs is 1. The van der Waals surface area contributed by atoms with Crippen molar-refractivity contribution in [3.8, 4) is 5.75 Å². The van der Waals surface area contributed by atoms with Gasteiger partial charge in [-0.15, -0.1) is 0 Å². The molecule has 0 saturated carbocycles. The second-order valence-corrected chi connectivity index (χ2v) is 13.7. The molecule has 1 atom stereocenters. The number of rotatable bonds is 10. The van der Waals surface area contributed by atoms with Crippen molar-refractivity contribution in [3.63, 3.8) is 0 Å². The van der Waals surface area contributed by atoms with Gasteiger partial charge in [-0.1, -0.05) is 56.1 Å². The highest BCUT2D eigenvalue weighted by Crippen LogP contribution is 2.40. The van der Waals surface area contributed by atoms with E-state index in [1.165, 1.54) is 0 Å². The number of carbonyl (C=O) groups excluding carboxylic acids is 2. The topological polar surface area (TPSA) is 62.3 Å². The molecule has 230 valence electrons. The van der Waals surface area contributed by atoms with Crippen LogP contribution in [0.3, 0.4) is 0 Å². The van der Waals surface area contributed by atoms with Gasteiger partial charge in [-0.3, -0.25) is 19.4 Å². The number of piperazine rings is 1. The number of amides is 1. The molecular weight excluding hydrogens is 573 g/mol. The van der Waals surface area contributed by atoms with Crippen molar-refractivity contribution in [3.05, 3.63) is 52.0 Å². The van der Waals surface area contributed by atoms with E-state index in [1.54, 1.807) is 11.8 Å². The Morgan fingerprint density at radius 1 is 0.952 bits per heavy atom. The number of ether oxygens (including phenoxy) is 2. The van der Waals surface area contributed by atoms with Gasteiger partial charge in [-0.05, 0) is 75.8 Å². The standard InChI is InChI=1S/C33H45Cl2N3O4/c1-23(42-31(40)33(5,6)32(2,3)4)38-28-22-25(14-12-24(28)13-15-29(38)39)41-21-8-7-16-36-17-19-37(20-18-36)27-11-9-10-26(34)30(27)35/h9-12,14,22-23H,7-8,13,15-21H2,1-6H3. The van der Waals surface area contributed by atoms with E-state index in [9.17, 15) is 9.59 Å². The zero-order valence-electron chi connectivity index (χ0n) is 25.8. The number of unbranched alkanes of at least 4 members (excludes halogenated alkanes) is 1. The van der Waals surface area contributed by atoms with E-state index in [2.05, 4.69) is 9.80 Å². The van der Waals surface area contributed by atoms with Crippen molar-refractivity contribution in [1.82, 2.24) is 4.90 Å². The molecular formula is C33H45Cl2N3O4. The Labute approximate surface area is 261 Å². The summed E-state index contributed by atoms with van der Waals surface area (Å²) in [7, 11) is 0. The summed E-state index contributed by atoms with van der Waals surface area (Å²) < 4.78 is 12.0. The summed E-state index contributed by atoms with van der Waals surface area (Å²) in [6.45, 7) is 17.0. The summed E-state index contributed by atoms with van der Waals surface area (Å²) in [6.07, 6.45) is 2.30. The molecule has 0 bridgehead atoms. The minimum Gasteiger partial charge on any atom is -0.494 e. The molecule has 42 heavy (non-hydrogen) atoms. The van der Waals surface area contributed by atoms with E-state index >= 15 is 0 Å². The Morgan fingerprint density at radius 2 is 1.67 bits per heavy atom. The van der Waals surface area contributed by atoms with Gasteiger partial charge < -0.3 is 14.4 Å². The minimum absolute atomic E-state index is 0.0498. The van der Waals surface area contributed by atoms with E-state index < -0.39 is 11.6 Å². The molecule has 2 aromatic carbocycles. The van der Waals surface area contributed by atoms with Crippen LogP contribution in [0, 0.1) is 10.8 Å². The predicted molar refractivity (Wildman–Crippen MR) is 171 cm³/mol. The Balaban J connectivity index is 1.26. The van der Waals surface area contributed by atoms with Crippen LogP contribution in [0.1, 0.15) is 66.4 Å². The highest BCUT2D eigenvalue weighted by Gasteiger charge is 2.43. The van der Waals surface area contributed by atoms with Crippen molar-refractivity contribution < 1.29 is 19.1 Å². The summed E-state index contributed by atoms with van der Waals surface area (Å²) >= 11 is 12.6. The van der Waals surface area contributed by atoms with Crippen LogP contribution in [-0.4, -0.2) is 62.3 Å². The predicted octanol–water partition coefficient (Wildman–Crippen LogP) is 7.22. The third-order valence-corrected chi connectivity index (χ3v) is 9.81. The first-order chi connectivity index (χ1) is 19.8. The summed E-state index contributed by atoms with van der Waals surface area (Å²) in [5.41, 5.74) is 1.83. The number of benzene rings is 2. The zero-order valence-corrected chi connectivity index (χ0v) is 27.4. The number of halogens is 2. The maximum atomic E-state index is 13.1. The Kier molecular flexibility index (Phi) is 10.4. The van der Waals surface area contributed by atoms with E-state index in [0.29, 0.717) is 35.2 Å². The fourth-order valence-electron chi connectivity index (χ4n) is 5.20. The quantitative estimate of drug-likeness (QED) is 0.207. The van der Waals surface area contributed by atoms with Crippen molar-refractivity contribution in [2.45, 2.75) is 73.5 Å². The number of esters is 1. The molecule has 1 amide bonds. The lowest BCUT2D eigenvalue weighted by Gasteiger charge is -2.39. The van der Waals surface area contributed by atoms with Crippen molar-refractivity contribution in [1.29, 1.82) is 0 Å². The molecule has 1 fully saturated rings. The molecule has 0 aromatic heterocycles. The molecule has 0 spiro atoms.